The van der Waals surface area contributed by atoms with Crippen molar-refractivity contribution in [1.29, 1.82) is 0 Å². The molecule has 5 nitrogen and oxygen atoms in total. The molecule has 0 saturated carbocycles. The molecule has 2 N–H and O–H groups in total. The molecule has 6 heteroatoms. The smallest absolute Gasteiger partial charge is 0.190 e. The van der Waals surface area contributed by atoms with E-state index in [4.69, 9.17) is 9.47 Å². The average molecular weight is 477 g/mol. The van der Waals surface area contributed by atoms with Gasteiger partial charge in [0.05, 0.1) is 6.61 Å². The molecule has 0 heterocycles. The quantitative estimate of drug-likeness (QED) is 0.186. The third-order valence-electron chi connectivity index (χ3n) is 3.76. The number of halogens is 1. The van der Waals surface area contributed by atoms with Crippen molar-refractivity contribution in [3.05, 3.63) is 35.9 Å². The monoisotopic (exact) mass is 477 g/mol. The highest BCUT2D eigenvalue weighted by Gasteiger charge is 1.97. The summed E-state index contributed by atoms with van der Waals surface area (Å²) in [5, 5.41) is 6.61. The van der Waals surface area contributed by atoms with E-state index in [2.05, 4.69) is 46.8 Å². The minimum absolute atomic E-state index is 0. The fourth-order valence-electron chi connectivity index (χ4n) is 2.27. The summed E-state index contributed by atoms with van der Waals surface area (Å²) in [5.74, 6) is 0.845. The largest absolute Gasteiger partial charge is 0.381 e. The van der Waals surface area contributed by atoms with Crippen LogP contribution < -0.4 is 10.6 Å². The molecule has 0 aliphatic carbocycles. The maximum Gasteiger partial charge on any atom is 0.190 e. The Bertz CT molecular complexity index is 444. The highest BCUT2D eigenvalue weighted by atomic mass is 127. The number of unbranched alkanes of at least 4 members (excludes halogenated alkanes) is 1. The molecule has 0 spiro atoms. The molecular formula is C20H36IN3O2. The highest BCUT2D eigenvalue weighted by Crippen LogP contribution is 1.99. The molecule has 0 aromatic heterocycles. The number of nitrogens with zero attached hydrogens (tertiary/aromatic N) is 1. The van der Waals surface area contributed by atoms with Crippen LogP contribution >= 0.6 is 24.0 Å². The zero-order valence-electron chi connectivity index (χ0n) is 16.3. The van der Waals surface area contributed by atoms with Crippen LogP contribution in [0.3, 0.4) is 0 Å². The zero-order valence-corrected chi connectivity index (χ0v) is 18.7. The molecule has 0 radical (unpaired) electrons. The molecule has 0 bridgehead atoms. The number of benzene rings is 1. The Morgan fingerprint density at radius 3 is 2.04 bits per heavy atom. The van der Waals surface area contributed by atoms with E-state index in [1.165, 1.54) is 12.0 Å². The normalized spacial score (nSPS) is 11.1. The Labute approximate surface area is 176 Å². The summed E-state index contributed by atoms with van der Waals surface area (Å²) in [7, 11) is 1.80. The predicted octanol–water partition coefficient (Wildman–Crippen LogP) is 3.63. The van der Waals surface area contributed by atoms with E-state index in [-0.39, 0.29) is 24.0 Å². The minimum atomic E-state index is 0. The Hall–Kier alpha value is -0.860. The van der Waals surface area contributed by atoms with E-state index in [1.807, 2.05) is 6.07 Å². The molecule has 1 aromatic rings. The van der Waals surface area contributed by atoms with Gasteiger partial charge in [0.25, 0.3) is 0 Å². The lowest BCUT2D eigenvalue weighted by Gasteiger charge is -2.12. The summed E-state index contributed by atoms with van der Waals surface area (Å²) >= 11 is 0. The molecular weight excluding hydrogens is 441 g/mol. The Morgan fingerprint density at radius 2 is 1.46 bits per heavy atom. The van der Waals surface area contributed by atoms with Crippen molar-refractivity contribution in [1.82, 2.24) is 10.6 Å². The van der Waals surface area contributed by atoms with Gasteiger partial charge < -0.3 is 20.1 Å². The first kappa shape index (κ1) is 25.1. The predicted molar refractivity (Wildman–Crippen MR) is 121 cm³/mol. The molecule has 150 valence electrons. The number of hydrogen-bond acceptors (Lipinski definition) is 3. The first-order valence-corrected chi connectivity index (χ1v) is 9.50. The number of hydrogen-bond donors (Lipinski definition) is 2. The summed E-state index contributed by atoms with van der Waals surface area (Å²) in [6.07, 6.45) is 5.26. The fraction of sp³-hybridized carbons (Fsp3) is 0.650. The van der Waals surface area contributed by atoms with Crippen LogP contribution in [0.25, 0.3) is 0 Å². The van der Waals surface area contributed by atoms with Crippen molar-refractivity contribution in [2.75, 3.05) is 46.6 Å². The standard InChI is InChI=1S/C20H35N3O2.HI/c1-3-4-15-24-16-8-13-22-20(21-2)23-14-9-17-25-18-12-19-10-6-5-7-11-19;/h5-7,10-11H,3-4,8-9,12-18H2,1-2H3,(H2,21,22,23);1H. The van der Waals surface area contributed by atoms with Gasteiger partial charge in [0.15, 0.2) is 5.96 Å². The maximum absolute atomic E-state index is 5.68. The first-order valence-electron chi connectivity index (χ1n) is 9.50. The van der Waals surface area contributed by atoms with Gasteiger partial charge in [-0.1, -0.05) is 43.7 Å². The minimum Gasteiger partial charge on any atom is -0.381 e. The Kier molecular flexibility index (Phi) is 18.3. The molecule has 0 aliphatic heterocycles. The van der Waals surface area contributed by atoms with Crippen LogP contribution in [-0.4, -0.2) is 52.5 Å². The molecule has 0 unspecified atom stereocenters. The molecule has 0 atom stereocenters. The molecule has 0 aliphatic rings. The highest BCUT2D eigenvalue weighted by molar-refractivity contribution is 14.0. The van der Waals surface area contributed by atoms with Gasteiger partial charge in [0, 0.05) is 40.0 Å². The second-order valence-electron chi connectivity index (χ2n) is 5.95. The third-order valence-corrected chi connectivity index (χ3v) is 3.76. The number of guanidine groups is 1. The molecule has 0 saturated heterocycles. The van der Waals surface area contributed by atoms with Gasteiger partial charge in [0.1, 0.15) is 0 Å². The van der Waals surface area contributed by atoms with Crippen molar-refractivity contribution < 1.29 is 9.47 Å². The van der Waals surface area contributed by atoms with Gasteiger partial charge in [0.2, 0.25) is 0 Å². The average Bonchev–Trinajstić information content (AvgIpc) is 2.65. The summed E-state index contributed by atoms with van der Waals surface area (Å²) in [6.45, 7) is 7.12. The first-order chi connectivity index (χ1) is 12.4. The number of aliphatic imine (C=N–C) groups is 1. The van der Waals surface area contributed by atoms with Crippen molar-refractivity contribution in [3.63, 3.8) is 0 Å². The van der Waals surface area contributed by atoms with Crippen LogP contribution in [0.2, 0.25) is 0 Å². The number of rotatable bonds is 14. The third kappa shape index (κ3) is 14.3. The topological polar surface area (TPSA) is 54.9 Å². The van der Waals surface area contributed by atoms with Gasteiger partial charge in [-0.2, -0.15) is 0 Å². The van der Waals surface area contributed by atoms with Crippen LogP contribution in [0.5, 0.6) is 0 Å². The molecule has 0 fully saturated rings. The zero-order chi connectivity index (χ0) is 18.0. The van der Waals surface area contributed by atoms with E-state index >= 15 is 0 Å². The van der Waals surface area contributed by atoms with Crippen molar-refractivity contribution in [2.45, 2.75) is 39.0 Å². The number of ether oxygens (including phenoxy) is 2. The summed E-state index contributed by atoms with van der Waals surface area (Å²) in [4.78, 5) is 4.22. The summed E-state index contributed by atoms with van der Waals surface area (Å²) in [5.41, 5.74) is 1.32. The molecule has 1 rings (SSSR count). The van der Waals surface area contributed by atoms with Crippen LogP contribution in [-0.2, 0) is 15.9 Å². The number of nitrogens with one attached hydrogen (secondary N) is 2. The second-order valence-corrected chi connectivity index (χ2v) is 5.95. The lowest BCUT2D eigenvalue weighted by atomic mass is 10.2. The SMILES string of the molecule is CCCCOCCCNC(=NC)NCCCOCCc1ccccc1.I. The van der Waals surface area contributed by atoms with Crippen LogP contribution in [0.1, 0.15) is 38.2 Å². The van der Waals surface area contributed by atoms with Crippen LogP contribution in [0.15, 0.2) is 35.3 Å². The van der Waals surface area contributed by atoms with Crippen molar-refractivity contribution in [2.24, 2.45) is 4.99 Å². The van der Waals surface area contributed by atoms with Crippen molar-refractivity contribution >= 4 is 29.9 Å². The lowest BCUT2D eigenvalue weighted by Crippen LogP contribution is -2.38. The fourth-order valence-corrected chi connectivity index (χ4v) is 2.27. The lowest BCUT2D eigenvalue weighted by molar-refractivity contribution is 0.129. The molecule has 1 aromatic carbocycles. The van der Waals surface area contributed by atoms with E-state index in [9.17, 15) is 0 Å². The van der Waals surface area contributed by atoms with Crippen molar-refractivity contribution in [3.8, 4) is 0 Å². The van der Waals surface area contributed by atoms with Crippen LogP contribution in [0.4, 0.5) is 0 Å². The molecule has 0 amide bonds. The van der Waals surface area contributed by atoms with Gasteiger partial charge in [-0.05, 0) is 31.2 Å². The second kappa shape index (κ2) is 18.9. The van der Waals surface area contributed by atoms with E-state index in [0.29, 0.717) is 0 Å². The van der Waals surface area contributed by atoms with Gasteiger partial charge in [-0.3, -0.25) is 4.99 Å². The van der Waals surface area contributed by atoms with Gasteiger partial charge in [-0.25, -0.2) is 0 Å². The van der Waals surface area contributed by atoms with E-state index in [1.54, 1.807) is 7.05 Å². The summed E-state index contributed by atoms with van der Waals surface area (Å²) in [6, 6.07) is 10.4. The maximum atomic E-state index is 5.68. The Balaban J connectivity index is 0.00000625. The molecule has 26 heavy (non-hydrogen) atoms. The van der Waals surface area contributed by atoms with Gasteiger partial charge >= 0.3 is 0 Å². The summed E-state index contributed by atoms with van der Waals surface area (Å²) < 4.78 is 11.2. The van der Waals surface area contributed by atoms with Crippen LogP contribution in [0, 0.1) is 0 Å². The Morgan fingerprint density at radius 1 is 0.885 bits per heavy atom. The van der Waals surface area contributed by atoms with E-state index in [0.717, 1.165) is 71.2 Å². The van der Waals surface area contributed by atoms with E-state index < -0.39 is 0 Å². The van der Waals surface area contributed by atoms with Gasteiger partial charge in [-0.15, -0.1) is 24.0 Å².